The highest BCUT2D eigenvalue weighted by atomic mass is 32.2. The Morgan fingerprint density at radius 1 is 1.05 bits per heavy atom. The van der Waals surface area contributed by atoms with Crippen LogP contribution in [0.15, 0.2) is 65.6 Å². The third-order valence-electron chi connectivity index (χ3n) is 3.35. The van der Waals surface area contributed by atoms with Crippen molar-refractivity contribution in [1.82, 2.24) is 5.32 Å². The Morgan fingerprint density at radius 3 is 2.43 bits per heavy atom. The van der Waals surface area contributed by atoms with Crippen molar-refractivity contribution in [3.05, 3.63) is 71.8 Å². The van der Waals surface area contributed by atoms with E-state index in [1.807, 2.05) is 17.8 Å². The SMILES string of the molecule is CCNC(C)c1ccc(SCC=Cc2ccccc2)cc1. The Hall–Kier alpha value is -1.51. The van der Waals surface area contributed by atoms with E-state index in [0.717, 1.165) is 12.3 Å². The second-order valence-electron chi connectivity index (χ2n) is 4.97. The van der Waals surface area contributed by atoms with Gasteiger partial charge in [0.05, 0.1) is 0 Å². The van der Waals surface area contributed by atoms with Gasteiger partial charge >= 0.3 is 0 Å². The molecule has 2 aromatic carbocycles. The molecule has 21 heavy (non-hydrogen) atoms. The summed E-state index contributed by atoms with van der Waals surface area (Å²) in [6, 6.07) is 19.7. The van der Waals surface area contributed by atoms with Gasteiger partial charge in [0.2, 0.25) is 0 Å². The average Bonchev–Trinajstić information content (AvgIpc) is 2.53. The van der Waals surface area contributed by atoms with E-state index >= 15 is 0 Å². The first-order valence-electron chi connectivity index (χ1n) is 7.47. The zero-order valence-corrected chi connectivity index (χ0v) is 13.6. The molecule has 0 bridgehead atoms. The second kappa shape index (κ2) is 8.71. The van der Waals surface area contributed by atoms with Crippen LogP contribution in [-0.2, 0) is 0 Å². The van der Waals surface area contributed by atoms with Gasteiger partial charge in [0.25, 0.3) is 0 Å². The van der Waals surface area contributed by atoms with Gasteiger partial charge in [-0.1, -0.05) is 61.5 Å². The number of thioether (sulfide) groups is 1. The minimum absolute atomic E-state index is 0.423. The lowest BCUT2D eigenvalue weighted by atomic mass is 10.1. The molecular weight excluding hydrogens is 274 g/mol. The average molecular weight is 297 g/mol. The van der Waals surface area contributed by atoms with Gasteiger partial charge in [-0.25, -0.2) is 0 Å². The lowest BCUT2D eigenvalue weighted by molar-refractivity contribution is 0.598. The fourth-order valence-corrected chi connectivity index (χ4v) is 2.88. The van der Waals surface area contributed by atoms with Gasteiger partial charge in [-0.15, -0.1) is 11.8 Å². The zero-order valence-electron chi connectivity index (χ0n) is 12.8. The molecule has 0 saturated heterocycles. The quantitative estimate of drug-likeness (QED) is 0.708. The predicted octanol–water partition coefficient (Wildman–Crippen LogP) is 5.16. The maximum atomic E-state index is 3.43. The first kappa shape index (κ1) is 15.9. The Bertz CT molecular complexity index is 546. The standard InChI is InChI=1S/C19H23NS/c1-3-20-16(2)18-11-13-19(14-12-18)21-15-7-10-17-8-5-4-6-9-17/h4-14,16,20H,3,15H2,1-2H3. The molecule has 1 N–H and O–H groups in total. The normalized spacial score (nSPS) is 12.7. The smallest absolute Gasteiger partial charge is 0.0291 e. The number of rotatable bonds is 7. The zero-order chi connectivity index (χ0) is 14.9. The van der Waals surface area contributed by atoms with Crippen molar-refractivity contribution in [2.45, 2.75) is 24.8 Å². The number of nitrogens with one attached hydrogen (secondary N) is 1. The minimum Gasteiger partial charge on any atom is -0.310 e. The maximum Gasteiger partial charge on any atom is 0.0291 e. The van der Waals surface area contributed by atoms with Crippen molar-refractivity contribution in [2.24, 2.45) is 0 Å². The van der Waals surface area contributed by atoms with Gasteiger partial charge in [0, 0.05) is 16.7 Å². The third kappa shape index (κ3) is 5.41. The van der Waals surface area contributed by atoms with Crippen molar-refractivity contribution < 1.29 is 0 Å². The number of hydrogen-bond acceptors (Lipinski definition) is 2. The lowest BCUT2D eigenvalue weighted by Crippen LogP contribution is -2.17. The molecule has 0 radical (unpaired) electrons. The lowest BCUT2D eigenvalue weighted by Gasteiger charge is -2.12. The monoisotopic (exact) mass is 297 g/mol. The van der Waals surface area contributed by atoms with Gasteiger partial charge < -0.3 is 5.32 Å². The van der Waals surface area contributed by atoms with Crippen LogP contribution < -0.4 is 5.32 Å². The highest BCUT2D eigenvalue weighted by molar-refractivity contribution is 7.99. The van der Waals surface area contributed by atoms with Crippen LogP contribution in [0, 0.1) is 0 Å². The summed E-state index contributed by atoms with van der Waals surface area (Å²) in [6.45, 7) is 5.34. The van der Waals surface area contributed by atoms with Crippen LogP contribution in [0.5, 0.6) is 0 Å². The Balaban J connectivity index is 1.82. The summed E-state index contributed by atoms with van der Waals surface area (Å²) in [6.07, 6.45) is 4.39. The highest BCUT2D eigenvalue weighted by Gasteiger charge is 2.02. The van der Waals surface area contributed by atoms with Crippen molar-refractivity contribution in [3.8, 4) is 0 Å². The fourth-order valence-electron chi connectivity index (χ4n) is 2.17. The summed E-state index contributed by atoms with van der Waals surface area (Å²) in [4.78, 5) is 1.32. The summed E-state index contributed by atoms with van der Waals surface area (Å²) < 4.78 is 0. The molecule has 2 aromatic rings. The van der Waals surface area contributed by atoms with Crippen molar-refractivity contribution in [1.29, 1.82) is 0 Å². The van der Waals surface area contributed by atoms with E-state index in [0.29, 0.717) is 6.04 Å². The summed E-state index contributed by atoms with van der Waals surface area (Å²) in [7, 11) is 0. The molecule has 2 heteroatoms. The molecule has 110 valence electrons. The van der Waals surface area contributed by atoms with Crippen LogP contribution in [0.4, 0.5) is 0 Å². The molecule has 0 spiro atoms. The van der Waals surface area contributed by atoms with Crippen LogP contribution in [-0.4, -0.2) is 12.3 Å². The van der Waals surface area contributed by atoms with Crippen molar-refractivity contribution in [3.63, 3.8) is 0 Å². The van der Waals surface area contributed by atoms with Crippen LogP contribution in [0.25, 0.3) is 6.08 Å². The molecule has 2 rings (SSSR count). The van der Waals surface area contributed by atoms with Gasteiger partial charge in [-0.05, 0) is 36.7 Å². The summed E-state index contributed by atoms with van der Waals surface area (Å²) in [5.41, 5.74) is 2.61. The Morgan fingerprint density at radius 2 is 1.76 bits per heavy atom. The topological polar surface area (TPSA) is 12.0 Å². The first-order valence-corrected chi connectivity index (χ1v) is 8.46. The molecule has 1 nitrogen and oxygen atoms in total. The van der Waals surface area contributed by atoms with Crippen molar-refractivity contribution in [2.75, 3.05) is 12.3 Å². The molecule has 0 aromatic heterocycles. The van der Waals surface area contributed by atoms with Crippen LogP contribution in [0.3, 0.4) is 0 Å². The predicted molar refractivity (Wildman–Crippen MR) is 94.7 cm³/mol. The number of hydrogen-bond donors (Lipinski definition) is 1. The fraction of sp³-hybridized carbons (Fsp3) is 0.263. The molecule has 0 aliphatic carbocycles. The molecule has 0 heterocycles. The second-order valence-corrected chi connectivity index (χ2v) is 6.07. The van der Waals surface area contributed by atoms with Gasteiger partial charge in [-0.2, -0.15) is 0 Å². The largest absolute Gasteiger partial charge is 0.310 e. The first-order chi connectivity index (χ1) is 10.3. The molecule has 1 atom stereocenters. The van der Waals surface area contributed by atoms with E-state index in [-0.39, 0.29) is 0 Å². The van der Waals surface area contributed by atoms with Gasteiger partial charge in [0.15, 0.2) is 0 Å². The number of benzene rings is 2. The minimum atomic E-state index is 0.423. The van der Waals surface area contributed by atoms with E-state index < -0.39 is 0 Å². The Kier molecular flexibility index (Phi) is 6.58. The van der Waals surface area contributed by atoms with E-state index in [1.54, 1.807) is 0 Å². The summed E-state index contributed by atoms with van der Waals surface area (Å²) in [5, 5.41) is 3.43. The third-order valence-corrected chi connectivity index (χ3v) is 4.31. The molecule has 0 aliphatic heterocycles. The van der Waals surface area contributed by atoms with Crippen LogP contribution in [0.1, 0.15) is 31.0 Å². The van der Waals surface area contributed by atoms with Crippen LogP contribution >= 0.6 is 11.8 Å². The van der Waals surface area contributed by atoms with Gasteiger partial charge in [0.1, 0.15) is 0 Å². The molecule has 0 saturated carbocycles. The summed E-state index contributed by atoms with van der Waals surface area (Å²) >= 11 is 1.87. The maximum absolute atomic E-state index is 3.43. The van der Waals surface area contributed by atoms with Crippen LogP contribution in [0.2, 0.25) is 0 Å². The van der Waals surface area contributed by atoms with E-state index in [1.165, 1.54) is 16.0 Å². The van der Waals surface area contributed by atoms with E-state index in [9.17, 15) is 0 Å². The molecule has 1 unspecified atom stereocenters. The molecule has 0 aliphatic rings. The van der Waals surface area contributed by atoms with Crippen molar-refractivity contribution >= 4 is 17.8 Å². The van der Waals surface area contributed by atoms with E-state index in [2.05, 4.69) is 79.8 Å². The highest BCUT2D eigenvalue weighted by Crippen LogP contribution is 2.21. The molecule has 0 fully saturated rings. The van der Waals surface area contributed by atoms with Gasteiger partial charge in [-0.3, -0.25) is 0 Å². The Labute approximate surface area is 132 Å². The molecule has 0 amide bonds. The molecular formula is C19H23NS. The van der Waals surface area contributed by atoms with E-state index in [4.69, 9.17) is 0 Å². The summed E-state index contributed by atoms with van der Waals surface area (Å²) in [5.74, 6) is 0.997.